The highest BCUT2D eigenvalue weighted by atomic mass is 35.5. The van der Waals surface area contributed by atoms with E-state index in [1.807, 2.05) is 0 Å². The zero-order valence-corrected chi connectivity index (χ0v) is 24.1. The minimum absolute atomic E-state index is 0.0730. The summed E-state index contributed by atoms with van der Waals surface area (Å²) in [5, 5.41) is 13.9. The number of aromatic nitrogens is 3. The summed E-state index contributed by atoms with van der Waals surface area (Å²) in [6.07, 6.45) is -4.62. The Morgan fingerprint density at radius 2 is 1.67 bits per heavy atom. The van der Waals surface area contributed by atoms with E-state index in [-0.39, 0.29) is 51.4 Å². The van der Waals surface area contributed by atoms with Crippen LogP contribution in [0.25, 0.3) is 5.69 Å². The highest BCUT2D eigenvalue weighted by molar-refractivity contribution is 7.99. The Balaban J connectivity index is 1.44. The molecule has 0 saturated heterocycles. The lowest BCUT2D eigenvalue weighted by Gasteiger charge is -2.13. The highest BCUT2D eigenvalue weighted by Gasteiger charge is 2.31. The van der Waals surface area contributed by atoms with Crippen molar-refractivity contribution < 1.29 is 31.9 Å². The van der Waals surface area contributed by atoms with Gasteiger partial charge in [0.15, 0.2) is 17.6 Å². The SMILES string of the molecule is O=C(COc1ccc(Cl)cc1Cl)NCc1nnc(SCC(=O)Nc2cc(C(F)(F)F)ccc2Cl)n1-c1ccc(F)cc1. The Morgan fingerprint density at radius 1 is 0.929 bits per heavy atom. The average Bonchev–Trinajstić information content (AvgIpc) is 3.34. The van der Waals surface area contributed by atoms with Crippen molar-refractivity contribution in [3.05, 3.63) is 92.9 Å². The van der Waals surface area contributed by atoms with E-state index in [9.17, 15) is 27.2 Å². The Kier molecular flexibility index (Phi) is 10.2. The molecular weight excluding hydrogens is 645 g/mol. The molecule has 0 atom stereocenters. The van der Waals surface area contributed by atoms with Crippen LogP contribution in [0.5, 0.6) is 5.75 Å². The van der Waals surface area contributed by atoms with Crippen LogP contribution in [0.15, 0.2) is 65.8 Å². The fraction of sp³-hybridized carbons (Fsp3) is 0.154. The Hall–Kier alpha value is -3.52. The van der Waals surface area contributed by atoms with Crippen molar-refractivity contribution in [2.45, 2.75) is 17.9 Å². The van der Waals surface area contributed by atoms with Crippen molar-refractivity contribution in [1.29, 1.82) is 0 Å². The van der Waals surface area contributed by atoms with Gasteiger partial charge in [0.05, 0.1) is 33.6 Å². The van der Waals surface area contributed by atoms with Gasteiger partial charge in [-0.2, -0.15) is 13.2 Å². The van der Waals surface area contributed by atoms with Crippen LogP contribution in [0.2, 0.25) is 15.1 Å². The molecule has 0 unspecified atom stereocenters. The third-order valence-electron chi connectivity index (χ3n) is 5.38. The molecule has 2 N–H and O–H groups in total. The van der Waals surface area contributed by atoms with E-state index in [1.54, 1.807) is 6.07 Å². The minimum Gasteiger partial charge on any atom is -0.482 e. The van der Waals surface area contributed by atoms with Crippen LogP contribution < -0.4 is 15.4 Å². The molecule has 0 bridgehead atoms. The molecule has 16 heteroatoms. The van der Waals surface area contributed by atoms with Gasteiger partial charge < -0.3 is 15.4 Å². The highest BCUT2D eigenvalue weighted by Crippen LogP contribution is 2.34. The summed E-state index contributed by atoms with van der Waals surface area (Å²) >= 11 is 18.8. The van der Waals surface area contributed by atoms with E-state index >= 15 is 0 Å². The lowest BCUT2D eigenvalue weighted by atomic mass is 10.2. The zero-order valence-electron chi connectivity index (χ0n) is 21.0. The first-order valence-electron chi connectivity index (χ1n) is 11.7. The van der Waals surface area contributed by atoms with Crippen LogP contribution in [-0.4, -0.2) is 38.9 Å². The van der Waals surface area contributed by atoms with E-state index < -0.39 is 29.4 Å². The monoisotopic (exact) mass is 661 g/mol. The Labute approximate surface area is 255 Å². The van der Waals surface area contributed by atoms with Gasteiger partial charge in [-0.25, -0.2) is 4.39 Å². The van der Waals surface area contributed by atoms with Gasteiger partial charge in [0, 0.05) is 10.7 Å². The van der Waals surface area contributed by atoms with E-state index in [4.69, 9.17) is 39.5 Å². The summed E-state index contributed by atoms with van der Waals surface area (Å²) in [6.45, 7) is -0.487. The second-order valence-corrected chi connectivity index (χ2v) is 10.6. The van der Waals surface area contributed by atoms with Crippen LogP contribution >= 0.6 is 46.6 Å². The largest absolute Gasteiger partial charge is 0.482 e. The molecule has 1 aromatic heterocycles. The molecule has 220 valence electrons. The van der Waals surface area contributed by atoms with Crippen LogP contribution in [0.1, 0.15) is 11.4 Å². The summed E-state index contributed by atoms with van der Waals surface area (Å²) < 4.78 is 59.7. The first-order valence-corrected chi connectivity index (χ1v) is 13.9. The van der Waals surface area contributed by atoms with Gasteiger partial charge in [0.2, 0.25) is 5.91 Å². The number of ether oxygens (including phenoxy) is 1. The summed E-state index contributed by atoms with van der Waals surface area (Å²) in [4.78, 5) is 25.0. The van der Waals surface area contributed by atoms with Gasteiger partial charge in [-0.1, -0.05) is 46.6 Å². The number of nitrogens with zero attached hydrogens (tertiary/aromatic N) is 3. The number of nitrogens with one attached hydrogen (secondary N) is 2. The summed E-state index contributed by atoms with van der Waals surface area (Å²) in [6, 6.07) is 12.4. The number of alkyl halides is 3. The summed E-state index contributed by atoms with van der Waals surface area (Å²) in [7, 11) is 0. The number of halogens is 7. The first kappa shape index (κ1) is 31.4. The number of hydrogen-bond acceptors (Lipinski definition) is 6. The molecule has 1 heterocycles. The molecule has 0 aliphatic carbocycles. The zero-order chi connectivity index (χ0) is 30.4. The van der Waals surface area contributed by atoms with Gasteiger partial charge in [-0.15, -0.1) is 10.2 Å². The van der Waals surface area contributed by atoms with Gasteiger partial charge >= 0.3 is 6.18 Å². The number of hydrogen-bond donors (Lipinski definition) is 2. The number of benzene rings is 3. The maximum Gasteiger partial charge on any atom is 0.416 e. The van der Waals surface area contributed by atoms with Gasteiger partial charge in [-0.05, 0) is 60.7 Å². The van der Waals surface area contributed by atoms with Crippen molar-refractivity contribution in [2.75, 3.05) is 17.7 Å². The predicted molar refractivity (Wildman–Crippen MR) is 151 cm³/mol. The topological polar surface area (TPSA) is 98.1 Å². The lowest BCUT2D eigenvalue weighted by Crippen LogP contribution is -2.29. The standard InChI is InChI=1S/C26H18Cl3F4N5O3S/c27-15-2-8-21(19(29)10-15)41-12-23(39)34-11-22-36-37-25(38(22)17-5-3-16(30)4-6-17)42-13-24(40)35-20-9-14(26(31,32)33)1-7-18(20)28/h1-10H,11-13H2,(H,34,39)(H,35,40). The number of thioether (sulfide) groups is 1. The van der Waals surface area contributed by atoms with Crippen LogP contribution in [-0.2, 0) is 22.3 Å². The van der Waals surface area contributed by atoms with Gasteiger partial charge in [0.1, 0.15) is 11.6 Å². The molecule has 42 heavy (non-hydrogen) atoms. The molecule has 0 aliphatic rings. The molecular formula is C26H18Cl3F4N5O3S. The third-order valence-corrected chi connectivity index (χ3v) is 7.17. The van der Waals surface area contributed by atoms with Crippen LogP contribution in [0.4, 0.5) is 23.2 Å². The second kappa shape index (κ2) is 13.6. The summed E-state index contributed by atoms with van der Waals surface area (Å²) in [5.74, 6) is -1.46. The predicted octanol–water partition coefficient (Wildman–Crippen LogP) is 6.81. The normalized spacial score (nSPS) is 11.3. The number of rotatable bonds is 10. The molecule has 0 aliphatic heterocycles. The fourth-order valence-electron chi connectivity index (χ4n) is 3.44. The third kappa shape index (κ3) is 8.28. The van der Waals surface area contributed by atoms with Crippen molar-refractivity contribution in [3.63, 3.8) is 0 Å². The van der Waals surface area contributed by atoms with Crippen LogP contribution in [0, 0.1) is 5.82 Å². The molecule has 2 amide bonds. The number of amides is 2. The first-order chi connectivity index (χ1) is 19.9. The molecule has 3 aromatic carbocycles. The molecule has 0 radical (unpaired) electrons. The van der Waals surface area contributed by atoms with Crippen molar-refractivity contribution in [3.8, 4) is 11.4 Å². The minimum atomic E-state index is -4.62. The second-order valence-electron chi connectivity index (χ2n) is 8.38. The van der Waals surface area contributed by atoms with E-state index in [0.717, 1.165) is 30.0 Å². The maximum atomic E-state index is 13.6. The molecule has 4 aromatic rings. The van der Waals surface area contributed by atoms with Crippen molar-refractivity contribution in [1.82, 2.24) is 20.1 Å². The fourth-order valence-corrected chi connectivity index (χ4v) is 4.83. The molecule has 0 saturated carbocycles. The Morgan fingerprint density at radius 3 is 2.36 bits per heavy atom. The number of carbonyl (C=O) groups excluding carboxylic acids is 2. The number of anilines is 1. The molecule has 4 rings (SSSR count). The summed E-state index contributed by atoms with van der Waals surface area (Å²) in [5.41, 5.74) is -0.750. The molecule has 8 nitrogen and oxygen atoms in total. The average molecular weight is 663 g/mol. The Bertz CT molecular complexity index is 1600. The van der Waals surface area contributed by atoms with Crippen LogP contribution in [0.3, 0.4) is 0 Å². The quantitative estimate of drug-likeness (QED) is 0.143. The van der Waals surface area contributed by atoms with Crippen molar-refractivity contribution >= 4 is 64.1 Å². The molecule has 0 spiro atoms. The smallest absolute Gasteiger partial charge is 0.416 e. The van der Waals surface area contributed by atoms with E-state index in [1.165, 1.54) is 41.0 Å². The van der Waals surface area contributed by atoms with E-state index in [0.29, 0.717) is 10.7 Å². The van der Waals surface area contributed by atoms with Crippen molar-refractivity contribution in [2.24, 2.45) is 0 Å². The van der Waals surface area contributed by atoms with Gasteiger partial charge in [-0.3, -0.25) is 14.2 Å². The van der Waals surface area contributed by atoms with E-state index in [2.05, 4.69) is 20.8 Å². The lowest BCUT2D eigenvalue weighted by molar-refractivity contribution is -0.137. The maximum absolute atomic E-state index is 13.6. The van der Waals surface area contributed by atoms with Gasteiger partial charge in [0.25, 0.3) is 5.91 Å². The molecule has 0 fully saturated rings. The number of carbonyl (C=O) groups is 2.